The van der Waals surface area contributed by atoms with Crippen molar-refractivity contribution in [2.45, 2.75) is 6.92 Å². The third-order valence-corrected chi connectivity index (χ3v) is 3.31. The standard InChI is InChI=1S/C16H15FN2OS/c1-2-19(14-8-4-7-13(17)10-14)16(20)12-6-3-5-11(9-12)15(18)21/h3-10H,2H2,1H3,(H2,18,21). The number of anilines is 1. The highest BCUT2D eigenvalue weighted by Gasteiger charge is 2.17. The predicted octanol–water partition coefficient (Wildman–Crippen LogP) is 3.13. The molecule has 0 atom stereocenters. The van der Waals surface area contributed by atoms with E-state index < -0.39 is 0 Å². The van der Waals surface area contributed by atoms with Gasteiger partial charge in [0.2, 0.25) is 0 Å². The zero-order chi connectivity index (χ0) is 15.4. The topological polar surface area (TPSA) is 46.3 Å². The molecule has 1 amide bonds. The van der Waals surface area contributed by atoms with Crippen LogP contribution in [0.15, 0.2) is 48.5 Å². The molecule has 0 aliphatic carbocycles. The van der Waals surface area contributed by atoms with Crippen LogP contribution < -0.4 is 10.6 Å². The van der Waals surface area contributed by atoms with Gasteiger partial charge in [-0.05, 0) is 37.3 Å². The molecular weight excluding hydrogens is 287 g/mol. The average molecular weight is 302 g/mol. The minimum absolute atomic E-state index is 0.221. The molecule has 5 heteroatoms. The van der Waals surface area contributed by atoms with Crippen LogP contribution in [0.2, 0.25) is 0 Å². The van der Waals surface area contributed by atoms with Crippen LogP contribution in [0.4, 0.5) is 10.1 Å². The lowest BCUT2D eigenvalue weighted by Crippen LogP contribution is -2.30. The van der Waals surface area contributed by atoms with Crippen LogP contribution in [0.1, 0.15) is 22.8 Å². The number of hydrogen-bond acceptors (Lipinski definition) is 2. The van der Waals surface area contributed by atoms with E-state index in [0.29, 0.717) is 23.4 Å². The lowest BCUT2D eigenvalue weighted by atomic mass is 10.1. The molecule has 0 aliphatic heterocycles. The van der Waals surface area contributed by atoms with E-state index in [9.17, 15) is 9.18 Å². The fraction of sp³-hybridized carbons (Fsp3) is 0.125. The van der Waals surface area contributed by atoms with Crippen molar-refractivity contribution in [3.63, 3.8) is 0 Å². The Hall–Kier alpha value is -2.27. The molecule has 0 aromatic heterocycles. The van der Waals surface area contributed by atoms with E-state index in [1.807, 2.05) is 6.92 Å². The summed E-state index contributed by atoms with van der Waals surface area (Å²) in [6, 6.07) is 12.7. The van der Waals surface area contributed by atoms with Gasteiger partial charge in [-0.1, -0.05) is 30.4 Å². The normalized spacial score (nSPS) is 10.2. The van der Waals surface area contributed by atoms with Crippen molar-refractivity contribution in [2.24, 2.45) is 5.73 Å². The maximum Gasteiger partial charge on any atom is 0.258 e. The van der Waals surface area contributed by atoms with Crippen molar-refractivity contribution in [1.82, 2.24) is 0 Å². The summed E-state index contributed by atoms with van der Waals surface area (Å²) in [5, 5.41) is 0. The molecule has 2 rings (SSSR count). The molecule has 108 valence electrons. The molecule has 0 bridgehead atoms. The molecular formula is C16H15FN2OS. The SMILES string of the molecule is CCN(C(=O)c1cccc(C(N)=S)c1)c1cccc(F)c1. The first-order chi connectivity index (χ1) is 10.0. The average Bonchev–Trinajstić information content (AvgIpc) is 2.48. The Morgan fingerprint density at radius 3 is 2.48 bits per heavy atom. The molecule has 21 heavy (non-hydrogen) atoms. The van der Waals surface area contributed by atoms with Gasteiger partial charge in [0.25, 0.3) is 5.91 Å². The Kier molecular flexibility index (Phi) is 4.65. The van der Waals surface area contributed by atoms with Gasteiger partial charge in [0.05, 0.1) is 0 Å². The lowest BCUT2D eigenvalue weighted by Gasteiger charge is -2.21. The van der Waals surface area contributed by atoms with E-state index in [2.05, 4.69) is 0 Å². The van der Waals surface area contributed by atoms with Crippen molar-refractivity contribution in [3.05, 3.63) is 65.5 Å². The molecule has 0 radical (unpaired) electrons. The van der Waals surface area contributed by atoms with Crippen molar-refractivity contribution in [2.75, 3.05) is 11.4 Å². The minimum atomic E-state index is -0.379. The monoisotopic (exact) mass is 302 g/mol. The Balaban J connectivity index is 2.36. The number of hydrogen-bond donors (Lipinski definition) is 1. The summed E-state index contributed by atoms with van der Waals surface area (Å²) in [6.45, 7) is 2.26. The predicted molar refractivity (Wildman–Crippen MR) is 86.1 cm³/mol. The van der Waals surface area contributed by atoms with E-state index >= 15 is 0 Å². The molecule has 0 heterocycles. The summed E-state index contributed by atoms with van der Waals surface area (Å²) in [5.41, 5.74) is 7.19. The smallest absolute Gasteiger partial charge is 0.258 e. The van der Waals surface area contributed by atoms with Gasteiger partial charge in [0.15, 0.2) is 0 Å². The summed E-state index contributed by atoms with van der Waals surface area (Å²) in [4.78, 5) is 14.3. The van der Waals surface area contributed by atoms with Gasteiger partial charge >= 0.3 is 0 Å². The molecule has 0 spiro atoms. The van der Waals surface area contributed by atoms with Gasteiger partial charge in [-0.15, -0.1) is 0 Å². The molecule has 2 N–H and O–H groups in total. The summed E-state index contributed by atoms with van der Waals surface area (Å²) in [5.74, 6) is -0.600. The van der Waals surface area contributed by atoms with Crippen LogP contribution >= 0.6 is 12.2 Å². The quantitative estimate of drug-likeness (QED) is 0.883. The lowest BCUT2D eigenvalue weighted by molar-refractivity contribution is 0.0988. The fourth-order valence-corrected chi connectivity index (χ4v) is 2.18. The number of amides is 1. The van der Waals surface area contributed by atoms with E-state index in [1.54, 1.807) is 36.4 Å². The van der Waals surface area contributed by atoms with E-state index in [-0.39, 0.29) is 16.7 Å². The minimum Gasteiger partial charge on any atom is -0.389 e. The van der Waals surface area contributed by atoms with Crippen LogP contribution in [-0.4, -0.2) is 17.4 Å². The van der Waals surface area contributed by atoms with Crippen LogP contribution in [0, 0.1) is 5.82 Å². The number of benzene rings is 2. The zero-order valence-electron chi connectivity index (χ0n) is 11.5. The van der Waals surface area contributed by atoms with Crippen LogP contribution in [0.25, 0.3) is 0 Å². The Labute approximate surface area is 128 Å². The molecule has 3 nitrogen and oxygen atoms in total. The van der Waals surface area contributed by atoms with E-state index in [4.69, 9.17) is 18.0 Å². The molecule has 0 saturated heterocycles. The highest BCUT2D eigenvalue weighted by atomic mass is 32.1. The number of carbonyl (C=O) groups excluding carboxylic acids is 1. The van der Waals surface area contributed by atoms with Gasteiger partial charge in [-0.3, -0.25) is 4.79 Å². The first-order valence-corrected chi connectivity index (χ1v) is 6.91. The van der Waals surface area contributed by atoms with Gasteiger partial charge in [-0.25, -0.2) is 4.39 Å². The maximum absolute atomic E-state index is 13.3. The third kappa shape index (κ3) is 3.44. The number of nitrogens with two attached hydrogens (primary N) is 1. The second-order valence-corrected chi connectivity index (χ2v) is 4.91. The number of nitrogens with zero attached hydrogens (tertiary/aromatic N) is 1. The molecule has 2 aromatic carbocycles. The Morgan fingerprint density at radius 2 is 1.86 bits per heavy atom. The molecule has 0 unspecified atom stereocenters. The van der Waals surface area contributed by atoms with Crippen LogP contribution in [0.5, 0.6) is 0 Å². The highest BCUT2D eigenvalue weighted by molar-refractivity contribution is 7.80. The van der Waals surface area contributed by atoms with E-state index in [1.165, 1.54) is 17.0 Å². The van der Waals surface area contributed by atoms with Crippen LogP contribution in [-0.2, 0) is 0 Å². The third-order valence-electron chi connectivity index (χ3n) is 3.08. The summed E-state index contributed by atoms with van der Waals surface area (Å²) < 4.78 is 13.3. The zero-order valence-corrected chi connectivity index (χ0v) is 12.4. The first-order valence-electron chi connectivity index (χ1n) is 6.50. The van der Waals surface area contributed by atoms with Gasteiger partial charge < -0.3 is 10.6 Å². The first kappa shape index (κ1) is 15.1. The van der Waals surface area contributed by atoms with Crippen LogP contribution in [0.3, 0.4) is 0 Å². The highest BCUT2D eigenvalue weighted by Crippen LogP contribution is 2.18. The van der Waals surface area contributed by atoms with Crippen molar-refractivity contribution in [3.8, 4) is 0 Å². The number of halogens is 1. The largest absolute Gasteiger partial charge is 0.389 e. The molecule has 0 saturated carbocycles. The molecule has 0 fully saturated rings. The van der Waals surface area contributed by atoms with Gasteiger partial charge in [-0.2, -0.15) is 0 Å². The van der Waals surface area contributed by atoms with E-state index in [0.717, 1.165) is 0 Å². The number of carbonyl (C=O) groups is 1. The maximum atomic E-state index is 13.3. The second kappa shape index (κ2) is 6.45. The van der Waals surface area contributed by atoms with Crippen molar-refractivity contribution < 1.29 is 9.18 Å². The second-order valence-electron chi connectivity index (χ2n) is 4.47. The fourth-order valence-electron chi connectivity index (χ4n) is 2.05. The van der Waals surface area contributed by atoms with Crippen molar-refractivity contribution >= 4 is 28.8 Å². The summed E-state index contributed by atoms with van der Waals surface area (Å²) in [7, 11) is 0. The summed E-state index contributed by atoms with van der Waals surface area (Å²) >= 11 is 4.92. The molecule has 2 aromatic rings. The Morgan fingerprint density at radius 1 is 1.19 bits per heavy atom. The Bertz CT molecular complexity index is 687. The van der Waals surface area contributed by atoms with Gasteiger partial charge in [0, 0.05) is 23.4 Å². The summed E-state index contributed by atoms with van der Waals surface area (Å²) in [6.07, 6.45) is 0. The van der Waals surface area contributed by atoms with Gasteiger partial charge in [0.1, 0.15) is 10.8 Å². The molecule has 0 aliphatic rings. The number of rotatable bonds is 4. The number of thiocarbonyl (C=S) groups is 1. The van der Waals surface area contributed by atoms with Crippen molar-refractivity contribution in [1.29, 1.82) is 0 Å².